The SMILES string of the molecule is CCC/C(=N/OCC)C1=C(O)CC(CC(C)SCC)CC1=O.COc1ccccc1C(=O)NS(=O)(=O)c1ccc(C(=O)NC2CC2)cc1. The molecule has 0 radical (unpaired) electrons. The number of nitrogens with zero attached hydrogens (tertiary/aromatic N) is 1. The highest BCUT2D eigenvalue weighted by Gasteiger charge is 2.31. The summed E-state index contributed by atoms with van der Waals surface area (Å²) < 4.78 is 31.9. The third kappa shape index (κ3) is 11.4. The largest absolute Gasteiger partial charge is 0.511 e. The fraction of sp³-hybridized carbons (Fsp3) is 0.486. The van der Waals surface area contributed by atoms with Gasteiger partial charge in [0.25, 0.3) is 21.8 Å². The van der Waals surface area contributed by atoms with Gasteiger partial charge in [0, 0.05) is 29.7 Å². The van der Waals surface area contributed by atoms with E-state index in [1.807, 2.05) is 30.3 Å². The van der Waals surface area contributed by atoms with E-state index in [4.69, 9.17) is 9.57 Å². The molecule has 262 valence electrons. The lowest BCUT2D eigenvalue weighted by Crippen LogP contribution is -2.31. The highest BCUT2D eigenvalue weighted by molar-refractivity contribution is 7.99. The van der Waals surface area contributed by atoms with Gasteiger partial charge in [-0.3, -0.25) is 14.4 Å². The number of hydrogen-bond donors (Lipinski definition) is 3. The van der Waals surface area contributed by atoms with Crippen LogP contribution in [0.25, 0.3) is 0 Å². The Kier molecular flexibility index (Phi) is 15.0. The van der Waals surface area contributed by atoms with Gasteiger partial charge in [0.05, 0.1) is 28.9 Å². The summed E-state index contributed by atoms with van der Waals surface area (Å²) in [7, 11) is -2.68. The predicted octanol–water partition coefficient (Wildman–Crippen LogP) is 6.21. The maximum atomic E-state index is 12.5. The topological polar surface area (TPSA) is 160 Å². The lowest BCUT2D eigenvalue weighted by Gasteiger charge is -2.25. The van der Waals surface area contributed by atoms with Gasteiger partial charge in [-0.1, -0.05) is 44.5 Å². The van der Waals surface area contributed by atoms with E-state index in [-0.39, 0.29) is 45.6 Å². The van der Waals surface area contributed by atoms with Crippen molar-refractivity contribution in [2.45, 2.75) is 88.8 Å². The number of methoxy groups -OCH3 is 1. The molecule has 3 N–H and O–H groups in total. The Morgan fingerprint density at radius 2 is 1.73 bits per heavy atom. The van der Waals surface area contributed by atoms with Crippen LogP contribution >= 0.6 is 11.8 Å². The highest BCUT2D eigenvalue weighted by atomic mass is 32.2. The van der Waals surface area contributed by atoms with Gasteiger partial charge >= 0.3 is 0 Å². The number of allylic oxidation sites excluding steroid dienone is 2. The zero-order chi connectivity index (χ0) is 35.3. The van der Waals surface area contributed by atoms with Crippen molar-refractivity contribution in [2.75, 3.05) is 19.5 Å². The van der Waals surface area contributed by atoms with E-state index in [1.54, 1.807) is 18.2 Å². The molecule has 0 aliphatic heterocycles. The summed E-state index contributed by atoms with van der Waals surface area (Å²) in [6, 6.07) is 11.9. The van der Waals surface area contributed by atoms with E-state index in [0.717, 1.165) is 31.4 Å². The number of aliphatic hydroxyl groups is 1. The van der Waals surface area contributed by atoms with E-state index >= 15 is 0 Å². The Hall–Kier alpha value is -3.84. The summed E-state index contributed by atoms with van der Waals surface area (Å²) in [6.45, 7) is 8.67. The van der Waals surface area contributed by atoms with Gasteiger partial charge in [0.1, 0.15) is 18.1 Å². The van der Waals surface area contributed by atoms with Crippen LogP contribution < -0.4 is 14.8 Å². The molecule has 0 aromatic heterocycles. The van der Waals surface area contributed by atoms with Crippen molar-refractivity contribution in [2.24, 2.45) is 11.1 Å². The van der Waals surface area contributed by atoms with Crippen molar-refractivity contribution in [3.8, 4) is 5.75 Å². The van der Waals surface area contributed by atoms with Crippen LogP contribution in [0, 0.1) is 5.92 Å². The first kappa shape index (κ1) is 38.6. The highest BCUT2D eigenvalue weighted by Crippen LogP contribution is 2.33. The Labute approximate surface area is 288 Å². The summed E-state index contributed by atoms with van der Waals surface area (Å²) in [6.07, 6.45) is 5.49. The first-order valence-corrected chi connectivity index (χ1v) is 18.8. The second-order valence-electron chi connectivity index (χ2n) is 11.6. The van der Waals surface area contributed by atoms with Gasteiger partial charge < -0.3 is 20.0 Å². The van der Waals surface area contributed by atoms with Crippen molar-refractivity contribution in [1.82, 2.24) is 10.0 Å². The van der Waals surface area contributed by atoms with Crippen LogP contribution in [0.2, 0.25) is 0 Å². The Bertz CT molecular complexity index is 1580. The monoisotopic (exact) mass is 701 g/mol. The number of hydrogen-bond acceptors (Lipinski definition) is 10. The predicted molar refractivity (Wildman–Crippen MR) is 188 cm³/mol. The van der Waals surface area contributed by atoms with Crippen molar-refractivity contribution < 1.29 is 37.5 Å². The molecule has 0 saturated heterocycles. The van der Waals surface area contributed by atoms with Gasteiger partial charge in [-0.05, 0) is 80.7 Å². The number of para-hydroxylation sites is 1. The summed E-state index contributed by atoms with van der Waals surface area (Å²) in [5, 5.41) is 17.8. The molecule has 13 heteroatoms. The first-order valence-electron chi connectivity index (χ1n) is 16.3. The van der Waals surface area contributed by atoms with Gasteiger partial charge in [0.2, 0.25) is 0 Å². The summed E-state index contributed by atoms with van der Waals surface area (Å²) in [5.74, 6) is 0.757. The fourth-order valence-corrected chi connectivity index (χ4v) is 7.18. The maximum absolute atomic E-state index is 12.5. The average Bonchev–Trinajstić information content (AvgIpc) is 3.87. The minimum Gasteiger partial charge on any atom is -0.511 e. The Morgan fingerprint density at radius 1 is 1.04 bits per heavy atom. The summed E-state index contributed by atoms with van der Waals surface area (Å²) >= 11 is 1.90. The molecule has 0 spiro atoms. The van der Waals surface area contributed by atoms with Crippen LogP contribution in [-0.4, -0.2) is 67.6 Å². The molecule has 48 heavy (non-hydrogen) atoms. The fourth-order valence-electron chi connectivity index (χ4n) is 5.23. The van der Waals surface area contributed by atoms with Crippen molar-refractivity contribution >= 4 is 45.1 Å². The number of ether oxygens (including phenoxy) is 1. The number of Topliss-reactive ketones (excluding diaryl/α,β-unsaturated/α-hetero) is 1. The standard InChI is InChI=1S/C18H18N2O5S.C17H29NO3S/c1-25-16-5-3-2-4-15(16)18(22)20-26(23,24)14-10-6-12(7-11-14)17(21)19-13-8-9-13;1-5-8-14(18-21-6-2)17-15(19)10-13(11-16(17)20)9-12(4)22-7-3/h2-7,10-11,13H,8-9H2,1H3,(H,19,21)(H,20,22);12-13,19H,5-11H2,1-4H3/b;18-14-. The number of carbonyl (C=O) groups is 3. The molecule has 2 aromatic rings. The lowest BCUT2D eigenvalue weighted by molar-refractivity contribution is -0.116. The molecular weight excluding hydrogens is 655 g/mol. The average molecular weight is 702 g/mol. The van der Waals surface area contributed by atoms with Crippen LogP contribution in [-0.2, 0) is 19.7 Å². The number of sulfonamides is 1. The zero-order valence-electron chi connectivity index (χ0n) is 28.3. The van der Waals surface area contributed by atoms with E-state index in [0.29, 0.717) is 48.0 Å². The number of thioether (sulfide) groups is 1. The number of oxime groups is 1. The van der Waals surface area contributed by atoms with E-state index in [9.17, 15) is 27.9 Å². The molecule has 0 bridgehead atoms. The van der Waals surface area contributed by atoms with Gasteiger partial charge in [-0.2, -0.15) is 11.8 Å². The number of benzene rings is 2. The number of ketones is 1. The molecule has 2 aliphatic carbocycles. The third-order valence-electron chi connectivity index (χ3n) is 7.64. The third-order valence-corrected chi connectivity index (χ3v) is 10.1. The first-order chi connectivity index (χ1) is 22.9. The maximum Gasteiger partial charge on any atom is 0.268 e. The van der Waals surface area contributed by atoms with Crippen LogP contribution in [0.4, 0.5) is 0 Å². The number of aliphatic hydroxyl groups excluding tert-OH is 1. The Balaban J connectivity index is 0.000000265. The molecule has 0 heterocycles. The Morgan fingerprint density at radius 3 is 2.31 bits per heavy atom. The van der Waals surface area contributed by atoms with Gasteiger partial charge in [0.15, 0.2) is 5.78 Å². The molecule has 2 unspecified atom stereocenters. The van der Waals surface area contributed by atoms with E-state index in [1.165, 1.54) is 37.4 Å². The van der Waals surface area contributed by atoms with Gasteiger partial charge in [-0.15, -0.1) is 0 Å². The van der Waals surface area contributed by atoms with Crippen LogP contribution in [0.5, 0.6) is 5.75 Å². The molecular formula is C35H47N3O8S2. The number of nitrogens with one attached hydrogen (secondary N) is 2. The molecule has 2 amide bonds. The second-order valence-corrected chi connectivity index (χ2v) is 15.0. The van der Waals surface area contributed by atoms with Crippen LogP contribution in [0.3, 0.4) is 0 Å². The van der Waals surface area contributed by atoms with E-state index in [2.05, 4.69) is 24.3 Å². The minimum absolute atomic E-state index is 0.00866. The van der Waals surface area contributed by atoms with Crippen LogP contribution in [0.1, 0.15) is 93.4 Å². The molecule has 1 fully saturated rings. The van der Waals surface area contributed by atoms with Crippen molar-refractivity contribution in [3.05, 3.63) is 71.0 Å². The number of carbonyl (C=O) groups excluding carboxylic acids is 3. The number of amides is 2. The molecule has 2 atom stereocenters. The normalized spacial score (nSPS) is 17.1. The smallest absolute Gasteiger partial charge is 0.268 e. The van der Waals surface area contributed by atoms with Gasteiger partial charge in [-0.25, -0.2) is 13.1 Å². The molecule has 2 aliphatic rings. The summed E-state index contributed by atoms with van der Waals surface area (Å²) in [5.41, 5.74) is 1.48. The lowest BCUT2D eigenvalue weighted by atomic mass is 9.82. The second kappa shape index (κ2) is 18.6. The molecule has 11 nitrogen and oxygen atoms in total. The van der Waals surface area contributed by atoms with Crippen molar-refractivity contribution in [3.63, 3.8) is 0 Å². The summed E-state index contributed by atoms with van der Waals surface area (Å²) in [4.78, 5) is 41.7. The quantitative estimate of drug-likeness (QED) is 0.145. The van der Waals surface area contributed by atoms with Crippen molar-refractivity contribution in [1.29, 1.82) is 0 Å². The number of rotatable bonds is 15. The molecule has 2 aromatic carbocycles. The van der Waals surface area contributed by atoms with Crippen LogP contribution in [0.15, 0.2) is 69.9 Å². The molecule has 1 saturated carbocycles. The zero-order valence-corrected chi connectivity index (χ0v) is 29.9. The van der Waals surface area contributed by atoms with E-state index < -0.39 is 15.9 Å². The minimum atomic E-state index is -4.07. The molecule has 4 rings (SSSR count).